The number of nitrogens with zero attached hydrogens (tertiary/aromatic N) is 2. The van der Waals surface area contributed by atoms with Crippen LogP contribution in [0.1, 0.15) is 21.7 Å². The fourth-order valence-corrected chi connectivity index (χ4v) is 3.56. The van der Waals surface area contributed by atoms with Crippen molar-refractivity contribution in [3.63, 3.8) is 0 Å². The number of fused-ring (bicyclic) bond motifs is 1. The lowest BCUT2D eigenvalue weighted by atomic mass is 10.1. The van der Waals surface area contributed by atoms with E-state index in [9.17, 15) is 9.59 Å². The smallest absolute Gasteiger partial charge is 0.251 e. The maximum atomic E-state index is 12.8. The van der Waals surface area contributed by atoms with Crippen molar-refractivity contribution in [2.75, 3.05) is 12.4 Å². The third kappa shape index (κ3) is 4.62. The second-order valence-electron chi connectivity index (χ2n) is 7.38. The van der Waals surface area contributed by atoms with Crippen molar-refractivity contribution in [2.24, 2.45) is 0 Å². The molecule has 2 amide bonds. The fourth-order valence-electron chi connectivity index (χ4n) is 3.56. The van der Waals surface area contributed by atoms with Crippen molar-refractivity contribution < 1.29 is 14.3 Å². The topological polar surface area (TPSA) is 85.2 Å². The van der Waals surface area contributed by atoms with E-state index in [-0.39, 0.29) is 24.9 Å². The summed E-state index contributed by atoms with van der Waals surface area (Å²) in [5, 5.41) is 5.82. The molecule has 0 aliphatic heterocycles. The second-order valence-corrected chi connectivity index (χ2v) is 7.38. The van der Waals surface area contributed by atoms with E-state index >= 15 is 0 Å². The number of ether oxygens (including phenoxy) is 1. The van der Waals surface area contributed by atoms with Crippen molar-refractivity contribution in [1.82, 2.24) is 14.9 Å². The first kappa shape index (κ1) is 21.1. The summed E-state index contributed by atoms with van der Waals surface area (Å²) in [5.74, 6) is 0.889. The van der Waals surface area contributed by atoms with Crippen LogP contribution in [0.4, 0.5) is 5.69 Å². The van der Waals surface area contributed by atoms with Crippen LogP contribution in [-0.4, -0.2) is 28.5 Å². The Morgan fingerprint density at radius 2 is 1.78 bits per heavy atom. The molecular weight excluding hydrogens is 404 g/mol. The van der Waals surface area contributed by atoms with Crippen LogP contribution in [0.15, 0.2) is 72.8 Å². The summed E-state index contributed by atoms with van der Waals surface area (Å²) in [6.45, 7) is 2.16. The Hall–Kier alpha value is -4.13. The second kappa shape index (κ2) is 9.34. The van der Waals surface area contributed by atoms with Crippen LogP contribution in [0.25, 0.3) is 11.0 Å². The van der Waals surface area contributed by atoms with Gasteiger partial charge in [0.1, 0.15) is 18.1 Å². The number of benzene rings is 3. The molecule has 1 aromatic heterocycles. The molecule has 0 bridgehead atoms. The van der Waals surface area contributed by atoms with Crippen LogP contribution in [0.2, 0.25) is 0 Å². The van der Waals surface area contributed by atoms with E-state index in [4.69, 9.17) is 4.74 Å². The normalized spacial score (nSPS) is 10.7. The van der Waals surface area contributed by atoms with Crippen molar-refractivity contribution in [3.8, 4) is 5.75 Å². The van der Waals surface area contributed by atoms with Gasteiger partial charge >= 0.3 is 0 Å². The monoisotopic (exact) mass is 428 g/mol. The number of nitrogens with one attached hydrogen (secondary N) is 2. The molecule has 7 heteroatoms. The molecule has 0 radical (unpaired) electrons. The van der Waals surface area contributed by atoms with Gasteiger partial charge < -0.3 is 19.9 Å². The van der Waals surface area contributed by atoms with Gasteiger partial charge in [-0.15, -0.1) is 0 Å². The zero-order chi connectivity index (χ0) is 22.5. The lowest BCUT2D eigenvalue weighted by Gasteiger charge is -2.12. The van der Waals surface area contributed by atoms with Crippen LogP contribution in [0, 0.1) is 6.92 Å². The van der Waals surface area contributed by atoms with Gasteiger partial charge in [-0.2, -0.15) is 0 Å². The SMILES string of the molecule is COc1cccc(NC(=O)Cn2c(CNC(=O)c3ccccc3C)nc3ccccc32)c1. The molecule has 3 aromatic carbocycles. The van der Waals surface area contributed by atoms with Gasteiger partial charge in [-0.3, -0.25) is 9.59 Å². The zero-order valence-electron chi connectivity index (χ0n) is 18.0. The van der Waals surface area contributed by atoms with E-state index in [1.807, 2.05) is 66.1 Å². The molecule has 4 aromatic rings. The summed E-state index contributed by atoms with van der Waals surface area (Å²) in [5.41, 5.74) is 3.76. The Bertz CT molecular complexity index is 1280. The molecule has 2 N–H and O–H groups in total. The van der Waals surface area contributed by atoms with Crippen LogP contribution >= 0.6 is 0 Å². The molecule has 0 fully saturated rings. The van der Waals surface area contributed by atoms with Gasteiger partial charge in [0, 0.05) is 17.3 Å². The Kier molecular flexibility index (Phi) is 6.17. The number of aromatic nitrogens is 2. The standard InChI is InChI=1S/C25H24N4O3/c1-17-8-3-4-11-20(17)25(31)26-15-23-28-21-12-5-6-13-22(21)29(23)16-24(30)27-18-9-7-10-19(14-18)32-2/h3-14H,15-16H2,1-2H3,(H,26,31)(H,27,30). The molecule has 4 rings (SSSR count). The molecule has 7 nitrogen and oxygen atoms in total. The molecule has 162 valence electrons. The van der Waals surface area contributed by atoms with E-state index in [0.29, 0.717) is 22.8 Å². The minimum Gasteiger partial charge on any atom is -0.497 e. The highest BCUT2D eigenvalue weighted by Gasteiger charge is 2.16. The number of carbonyl (C=O) groups is 2. The van der Waals surface area contributed by atoms with E-state index in [1.165, 1.54) is 0 Å². The number of anilines is 1. The number of imidazole rings is 1. The Labute approximate surface area is 186 Å². The molecule has 0 saturated carbocycles. The molecule has 0 aliphatic carbocycles. The number of methoxy groups -OCH3 is 1. The first-order valence-corrected chi connectivity index (χ1v) is 10.3. The lowest BCUT2D eigenvalue weighted by Crippen LogP contribution is -2.27. The minimum absolute atomic E-state index is 0.0628. The van der Waals surface area contributed by atoms with Gasteiger partial charge in [0.15, 0.2) is 0 Å². The zero-order valence-corrected chi connectivity index (χ0v) is 18.0. The number of hydrogen-bond acceptors (Lipinski definition) is 4. The maximum Gasteiger partial charge on any atom is 0.251 e. The van der Waals surface area contributed by atoms with Crippen molar-refractivity contribution in [1.29, 1.82) is 0 Å². The quantitative estimate of drug-likeness (QED) is 0.467. The summed E-state index contributed by atoms with van der Waals surface area (Å²) in [6, 6.07) is 22.2. The lowest BCUT2D eigenvalue weighted by molar-refractivity contribution is -0.116. The van der Waals surface area contributed by atoms with Crippen LogP contribution in [0.3, 0.4) is 0 Å². The number of amides is 2. The first-order valence-electron chi connectivity index (χ1n) is 10.3. The summed E-state index contributed by atoms with van der Waals surface area (Å²) in [7, 11) is 1.58. The Morgan fingerprint density at radius 3 is 2.59 bits per heavy atom. The van der Waals surface area contributed by atoms with E-state index < -0.39 is 0 Å². The van der Waals surface area contributed by atoms with Gasteiger partial charge in [-0.1, -0.05) is 36.4 Å². The number of rotatable bonds is 7. The van der Waals surface area contributed by atoms with Gasteiger partial charge in [-0.05, 0) is 42.8 Å². The molecule has 0 unspecified atom stereocenters. The van der Waals surface area contributed by atoms with Crippen LogP contribution in [-0.2, 0) is 17.9 Å². The van der Waals surface area contributed by atoms with E-state index in [1.54, 1.807) is 25.3 Å². The number of carbonyl (C=O) groups excluding carboxylic acids is 2. The third-order valence-electron chi connectivity index (χ3n) is 5.19. The molecule has 32 heavy (non-hydrogen) atoms. The molecule has 0 spiro atoms. The maximum absolute atomic E-state index is 12.8. The molecule has 0 atom stereocenters. The van der Waals surface area contributed by atoms with Gasteiger partial charge in [0.2, 0.25) is 5.91 Å². The number of para-hydroxylation sites is 2. The highest BCUT2D eigenvalue weighted by molar-refractivity contribution is 5.95. The Morgan fingerprint density at radius 1 is 1.00 bits per heavy atom. The van der Waals surface area contributed by atoms with Crippen molar-refractivity contribution in [2.45, 2.75) is 20.0 Å². The molecular formula is C25H24N4O3. The predicted octanol–water partition coefficient (Wildman–Crippen LogP) is 3.92. The van der Waals surface area contributed by atoms with Crippen LogP contribution < -0.4 is 15.4 Å². The van der Waals surface area contributed by atoms with Crippen LogP contribution in [0.5, 0.6) is 5.75 Å². The van der Waals surface area contributed by atoms with Gasteiger partial charge in [-0.25, -0.2) is 4.98 Å². The average Bonchev–Trinajstić information content (AvgIpc) is 3.15. The van der Waals surface area contributed by atoms with Gasteiger partial charge in [0.05, 0.1) is 24.7 Å². The summed E-state index contributed by atoms with van der Waals surface area (Å²) in [6.07, 6.45) is 0. The number of aryl methyl sites for hydroxylation is 1. The van der Waals surface area contributed by atoms with Crippen molar-refractivity contribution >= 4 is 28.5 Å². The highest BCUT2D eigenvalue weighted by Crippen LogP contribution is 2.19. The summed E-state index contributed by atoms with van der Waals surface area (Å²) < 4.78 is 7.03. The fraction of sp³-hybridized carbons (Fsp3) is 0.160. The molecule has 0 saturated heterocycles. The van der Waals surface area contributed by atoms with Crippen molar-refractivity contribution in [3.05, 3.63) is 89.7 Å². The summed E-state index contributed by atoms with van der Waals surface area (Å²) >= 11 is 0. The largest absolute Gasteiger partial charge is 0.497 e. The molecule has 0 aliphatic rings. The predicted molar refractivity (Wildman–Crippen MR) is 124 cm³/mol. The number of hydrogen-bond donors (Lipinski definition) is 2. The van der Waals surface area contributed by atoms with Gasteiger partial charge in [0.25, 0.3) is 5.91 Å². The van der Waals surface area contributed by atoms with E-state index in [2.05, 4.69) is 15.6 Å². The van der Waals surface area contributed by atoms with E-state index in [0.717, 1.165) is 16.6 Å². The Balaban J connectivity index is 1.54. The summed E-state index contributed by atoms with van der Waals surface area (Å²) in [4.78, 5) is 30.1. The highest BCUT2D eigenvalue weighted by atomic mass is 16.5. The molecule has 1 heterocycles. The third-order valence-corrected chi connectivity index (χ3v) is 5.19. The minimum atomic E-state index is -0.201. The average molecular weight is 428 g/mol. The first-order chi connectivity index (χ1) is 15.5.